The van der Waals surface area contributed by atoms with Crippen LogP contribution in [0.1, 0.15) is 20.8 Å². The number of aromatic amines is 1. The molecule has 0 radical (unpaired) electrons. The topological polar surface area (TPSA) is 115 Å². The van der Waals surface area contributed by atoms with Crippen molar-refractivity contribution in [2.45, 2.75) is 6.29 Å². The van der Waals surface area contributed by atoms with Crippen molar-refractivity contribution in [2.75, 3.05) is 22.6 Å². The van der Waals surface area contributed by atoms with E-state index in [0.717, 1.165) is 27.6 Å². The van der Waals surface area contributed by atoms with Crippen LogP contribution in [0.3, 0.4) is 0 Å². The average Bonchev–Trinajstić information content (AvgIpc) is 3.56. The number of nitrogens with one attached hydrogen (secondary N) is 4. The number of pyridine rings is 1. The average molecular weight is 490 g/mol. The largest absolute Gasteiger partial charge is 0.346 e. The van der Waals surface area contributed by atoms with Gasteiger partial charge in [0.15, 0.2) is 6.29 Å². The van der Waals surface area contributed by atoms with Gasteiger partial charge in [-0.15, -0.1) is 0 Å². The molecule has 0 aliphatic carbocycles. The van der Waals surface area contributed by atoms with Crippen LogP contribution >= 0.6 is 0 Å². The predicted octanol–water partition coefficient (Wildman–Crippen LogP) is 4.45. The fraction of sp³-hybridized carbons (Fsp3) is 0.0714. The number of rotatable bonds is 5. The van der Waals surface area contributed by atoms with E-state index in [1.807, 2.05) is 78.7 Å². The lowest BCUT2D eigenvalue weighted by Crippen LogP contribution is -2.48. The Morgan fingerprint density at radius 3 is 2.46 bits per heavy atom. The summed E-state index contributed by atoms with van der Waals surface area (Å²) in [4.78, 5) is 39.6. The van der Waals surface area contributed by atoms with E-state index in [0.29, 0.717) is 22.9 Å². The maximum Gasteiger partial charge on any atom is 0.272 e. The first-order chi connectivity index (χ1) is 18.1. The minimum atomic E-state index is -0.586. The molecule has 3 aromatic carbocycles. The maximum absolute atomic E-state index is 13.3. The van der Waals surface area contributed by atoms with Crippen molar-refractivity contribution >= 4 is 39.9 Å². The molecule has 2 aromatic heterocycles. The molecule has 1 unspecified atom stereocenters. The first-order valence-electron chi connectivity index (χ1n) is 11.8. The van der Waals surface area contributed by atoms with Crippen molar-refractivity contribution in [3.05, 3.63) is 103 Å². The number of carbonyl (C=O) groups excluding carboxylic acids is 2. The van der Waals surface area contributed by atoms with Crippen LogP contribution in [0.25, 0.3) is 21.9 Å². The quantitative estimate of drug-likeness (QED) is 0.290. The van der Waals surface area contributed by atoms with Gasteiger partial charge in [0.1, 0.15) is 5.69 Å². The molecule has 0 spiro atoms. The molecule has 0 fully saturated rings. The van der Waals surface area contributed by atoms with Gasteiger partial charge in [-0.3, -0.25) is 19.9 Å². The van der Waals surface area contributed by atoms with Crippen LogP contribution in [-0.2, 0) is 0 Å². The molecule has 182 valence electrons. The lowest BCUT2D eigenvalue weighted by atomic mass is 10.00. The van der Waals surface area contributed by atoms with Gasteiger partial charge in [-0.2, -0.15) is 0 Å². The Morgan fingerprint density at radius 2 is 1.68 bits per heavy atom. The Labute approximate surface area is 212 Å². The van der Waals surface area contributed by atoms with Gasteiger partial charge in [-0.25, -0.2) is 4.98 Å². The maximum atomic E-state index is 13.3. The van der Waals surface area contributed by atoms with Gasteiger partial charge >= 0.3 is 0 Å². The fourth-order valence-electron chi connectivity index (χ4n) is 4.45. The van der Waals surface area contributed by atoms with Gasteiger partial charge in [0.25, 0.3) is 11.8 Å². The number of hydrogen-bond donors (Lipinski definition) is 4. The summed E-state index contributed by atoms with van der Waals surface area (Å²) in [5.41, 5.74) is 3.98. The van der Waals surface area contributed by atoms with Gasteiger partial charge in [-0.1, -0.05) is 54.6 Å². The zero-order valence-electron chi connectivity index (χ0n) is 19.9. The third kappa shape index (κ3) is 4.23. The van der Waals surface area contributed by atoms with E-state index in [-0.39, 0.29) is 11.8 Å². The van der Waals surface area contributed by atoms with Crippen molar-refractivity contribution in [3.8, 4) is 11.1 Å². The Balaban J connectivity index is 1.32. The second kappa shape index (κ2) is 9.12. The van der Waals surface area contributed by atoms with Crippen LogP contribution in [0.5, 0.6) is 0 Å². The molecule has 0 bridgehead atoms. The van der Waals surface area contributed by atoms with Crippen LogP contribution in [0.4, 0.5) is 17.3 Å². The minimum Gasteiger partial charge on any atom is -0.346 e. The zero-order valence-corrected chi connectivity index (χ0v) is 19.9. The summed E-state index contributed by atoms with van der Waals surface area (Å²) < 4.78 is 0. The van der Waals surface area contributed by atoms with Crippen LogP contribution in [0, 0.1) is 0 Å². The van der Waals surface area contributed by atoms with E-state index in [1.165, 1.54) is 0 Å². The van der Waals surface area contributed by atoms with Gasteiger partial charge in [0.2, 0.25) is 5.95 Å². The van der Waals surface area contributed by atoms with E-state index >= 15 is 0 Å². The molecule has 4 N–H and O–H groups in total. The summed E-state index contributed by atoms with van der Waals surface area (Å²) in [7, 11) is 1.86. The van der Waals surface area contributed by atoms with E-state index in [4.69, 9.17) is 0 Å². The van der Waals surface area contributed by atoms with Crippen LogP contribution < -0.4 is 20.9 Å². The number of nitrogens with zero attached hydrogens (tertiary/aromatic N) is 3. The number of benzene rings is 3. The summed E-state index contributed by atoms with van der Waals surface area (Å²) in [6, 6.07) is 23.2. The highest BCUT2D eigenvalue weighted by Crippen LogP contribution is 2.40. The van der Waals surface area contributed by atoms with Gasteiger partial charge in [-0.05, 0) is 34.7 Å². The number of amides is 2. The lowest BCUT2D eigenvalue weighted by Gasteiger charge is -2.23. The molecule has 1 atom stereocenters. The molecule has 1 aliphatic rings. The molecule has 6 rings (SSSR count). The normalized spacial score (nSPS) is 14.2. The van der Waals surface area contributed by atoms with Gasteiger partial charge in [0.05, 0.1) is 16.9 Å². The third-order valence-electron chi connectivity index (χ3n) is 6.38. The molecular weight excluding hydrogens is 466 g/mol. The van der Waals surface area contributed by atoms with Crippen molar-refractivity contribution in [1.29, 1.82) is 0 Å². The SMILES string of the molecule is CN1c2cc(-c3ccccc3)cc(C(=O)Nc3ncc[nH]3)c2NC1NC(=O)c1cc2ccccc2cn1. The molecular formula is C28H23N7O2. The number of hydrogen-bond acceptors (Lipinski definition) is 6. The highest BCUT2D eigenvalue weighted by molar-refractivity contribution is 6.11. The lowest BCUT2D eigenvalue weighted by molar-refractivity contribution is 0.0937. The van der Waals surface area contributed by atoms with E-state index in [2.05, 4.69) is 30.9 Å². The van der Waals surface area contributed by atoms with Crippen molar-refractivity contribution in [3.63, 3.8) is 0 Å². The molecule has 2 amide bonds. The van der Waals surface area contributed by atoms with Crippen LogP contribution in [-0.4, -0.2) is 40.1 Å². The highest BCUT2D eigenvalue weighted by Gasteiger charge is 2.32. The predicted molar refractivity (Wildman–Crippen MR) is 143 cm³/mol. The summed E-state index contributed by atoms with van der Waals surface area (Å²) >= 11 is 0. The molecule has 37 heavy (non-hydrogen) atoms. The Hall–Kier alpha value is -5.18. The number of fused-ring (bicyclic) bond motifs is 2. The minimum absolute atomic E-state index is 0.311. The smallest absolute Gasteiger partial charge is 0.272 e. The molecule has 5 aromatic rings. The monoisotopic (exact) mass is 489 g/mol. The number of aromatic nitrogens is 3. The number of H-pyrrole nitrogens is 1. The van der Waals surface area contributed by atoms with Crippen LogP contribution in [0.2, 0.25) is 0 Å². The first kappa shape index (κ1) is 22.3. The van der Waals surface area contributed by atoms with Gasteiger partial charge < -0.3 is 20.5 Å². The molecule has 3 heterocycles. The van der Waals surface area contributed by atoms with Gasteiger partial charge in [0, 0.05) is 31.0 Å². The van der Waals surface area contributed by atoms with Crippen molar-refractivity contribution in [1.82, 2.24) is 20.3 Å². The number of imidazole rings is 1. The van der Waals surface area contributed by atoms with Crippen LogP contribution in [0.15, 0.2) is 91.4 Å². The first-order valence-corrected chi connectivity index (χ1v) is 11.8. The zero-order chi connectivity index (χ0) is 25.4. The second-order valence-electron chi connectivity index (χ2n) is 8.72. The van der Waals surface area contributed by atoms with E-state index in [9.17, 15) is 9.59 Å². The number of anilines is 3. The van der Waals surface area contributed by atoms with E-state index < -0.39 is 6.29 Å². The van der Waals surface area contributed by atoms with Crippen molar-refractivity contribution < 1.29 is 9.59 Å². The fourth-order valence-corrected chi connectivity index (χ4v) is 4.45. The number of carbonyl (C=O) groups is 2. The third-order valence-corrected chi connectivity index (χ3v) is 6.38. The summed E-state index contributed by atoms with van der Waals surface area (Å²) in [6.45, 7) is 0. The Morgan fingerprint density at radius 1 is 0.892 bits per heavy atom. The molecule has 1 aliphatic heterocycles. The highest BCUT2D eigenvalue weighted by atomic mass is 16.2. The summed E-state index contributed by atoms with van der Waals surface area (Å²) in [6.07, 6.45) is 4.31. The summed E-state index contributed by atoms with van der Waals surface area (Å²) in [5.74, 6) is -0.303. The summed E-state index contributed by atoms with van der Waals surface area (Å²) in [5, 5.41) is 11.0. The van der Waals surface area contributed by atoms with Crippen molar-refractivity contribution in [2.24, 2.45) is 0 Å². The standard InChI is InChI=1S/C28H23N7O2/c1-35-23-15-20(17-7-3-2-4-8-17)13-21(25(36)33-27-29-11-12-30-27)24(23)32-28(35)34-26(37)22-14-18-9-5-6-10-19(18)16-31-22/h2-16,28,32H,1H3,(H,34,37)(H2,29,30,33,36). The molecule has 9 heteroatoms. The second-order valence-corrected chi connectivity index (χ2v) is 8.72. The molecule has 0 saturated carbocycles. The molecule has 9 nitrogen and oxygen atoms in total. The molecule has 0 saturated heterocycles. The Kier molecular flexibility index (Phi) is 5.49. The van der Waals surface area contributed by atoms with E-state index in [1.54, 1.807) is 24.7 Å². The Bertz CT molecular complexity index is 1620.